The number of nitrogens with zero attached hydrogens (tertiary/aromatic N) is 2. The van der Waals surface area contributed by atoms with Gasteiger partial charge in [-0.1, -0.05) is 97.6 Å². The van der Waals surface area contributed by atoms with Crippen molar-refractivity contribution in [3.8, 4) is 0 Å². The van der Waals surface area contributed by atoms with E-state index in [4.69, 9.17) is 0 Å². The van der Waals surface area contributed by atoms with Crippen molar-refractivity contribution in [2.45, 2.75) is 5.54 Å². The van der Waals surface area contributed by atoms with E-state index in [-0.39, 0.29) is 0 Å². The van der Waals surface area contributed by atoms with Gasteiger partial charge in [0, 0.05) is 0 Å². The van der Waals surface area contributed by atoms with Gasteiger partial charge in [-0.25, -0.2) is 4.98 Å². The van der Waals surface area contributed by atoms with E-state index in [2.05, 4.69) is 88.9 Å². The minimum Gasteiger partial charge on any atom is -0.312 e. The first-order valence-electron chi connectivity index (χ1n) is 8.69. The highest BCUT2D eigenvalue weighted by Crippen LogP contribution is 2.41. The summed E-state index contributed by atoms with van der Waals surface area (Å²) < 4.78 is 2.21. The molecule has 2 nitrogen and oxygen atoms in total. The van der Waals surface area contributed by atoms with Gasteiger partial charge in [-0.3, -0.25) is 0 Å². The Balaban J connectivity index is 2.16. The van der Waals surface area contributed by atoms with Crippen LogP contribution >= 0.6 is 0 Å². The maximum Gasteiger partial charge on any atom is 0.122 e. The van der Waals surface area contributed by atoms with Crippen molar-refractivity contribution in [3.05, 3.63) is 132 Å². The second-order valence-corrected chi connectivity index (χ2v) is 6.20. The average molecular weight is 336 g/mol. The summed E-state index contributed by atoms with van der Waals surface area (Å²) in [6.07, 6.45) is 5.61. The van der Waals surface area contributed by atoms with Crippen molar-refractivity contribution in [2.24, 2.45) is 0 Å². The SMILES string of the molecule is C=Cc1cncn1C(c1ccccc1)(c1ccccc1)c1ccccc1. The predicted molar refractivity (Wildman–Crippen MR) is 107 cm³/mol. The molecule has 0 atom stereocenters. The van der Waals surface area contributed by atoms with Gasteiger partial charge in [-0.2, -0.15) is 0 Å². The molecule has 26 heavy (non-hydrogen) atoms. The van der Waals surface area contributed by atoms with Crippen LogP contribution in [0.4, 0.5) is 0 Å². The third kappa shape index (κ3) is 2.47. The van der Waals surface area contributed by atoms with Crippen LogP contribution < -0.4 is 0 Å². The Morgan fingerprint density at radius 1 is 0.692 bits per heavy atom. The van der Waals surface area contributed by atoms with Crippen LogP contribution in [-0.2, 0) is 5.54 Å². The van der Waals surface area contributed by atoms with Crippen LogP contribution in [0.2, 0.25) is 0 Å². The van der Waals surface area contributed by atoms with Gasteiger partial charge in [0.15, 0.2) is 0 Å². The van der Waals surface area contributed by atoms with Crippen molar-refractivity contribution in [2.75, 3.05) is 0 Å². The fourth-order valence-corrected chi connectivity index (χ4v) is 3.69. The second-order valence-electron chi connectivity index (χ2n) is 6.20. The topological polar surface area (TPSA) is 17.8 Å². The van der Waals surface area contributed by atoms with Crippen molar-refractivity contribution in [1.82, 2.24) is 9.55 Å². The lowest BCUT2D eigenvalue weighted by Gasteiger charge is -2.38. The summed E-state index contributed by atoms with van der Waals surface area (Å²) in [5.74, 6) is 0. The van der Waals surface area contributed by atoms with E-state index in [9.17, 15) is 0 Å². The molecule has 0 amide bonds. The first kappa shape index (κ1) is 16.1. The maximum absolute atomic E-state index is 4.43. The van der Waals surface area contributed by atoms with E-state index < -0.39 is 5.54 Å². The Kier molecular flexibility index (Phi) is 4.24. The molecule has 0 saturated heterocycles. The van der Waals surface area contributed by atoms with Crippen molar-refractivity contribution < 1.29 is 0 Å². The Labute approximate surface area is 154 Å². The summed E-state index contributed by atoms with van der Waals surface area (Å²) in [7, 11) is 0. The van der Waals surface area contributed by atoms with Crippen LogP contribution in [0.1, 0.15) is 22.4 Å². The van der Waals surface area contributed by atoms with Gasteiger partial charge in [-0.05, 0) is 22.8 Å². The molecular weight excluding hydrogens is 316 g/mol. The van der Waals surface area contributed by atoms with E-state index in [0.29, 0.717) is 0 Å². The first-order valence-corrected chi connectivity index (χ1v) is 8.69. The number of aromatic nitrogens is 2. The molecule has 4 aromatic rings. The Hall–Kier alpha value is -3.39. The molecule has 0 bridgehead atoms. The van der Waals surface area contributed by atoms with Gasteiger partial charge >= 0.3 is 0 Å². The molecule has 0 fully saturated rings. The average Bonchev–Trinajstić information content (AvgIpc) is 3.20. The lowest BCUT2D eigenvalue weighted by Crippen LogP contribution is -2.38. The van der Waals surface area contributed by atoms with Gasteiger partial charge in [0.05, 0.1) is 18.2 Å². The smallest absolute Gasteiger partial charge is 0.122 e. The molecule has 2 heteroatoms. The maximum atomic E-state index is 4.43. The summed E-state index contributed by atoms with van der Waals surface area (Å²) in [6, 6.07) is 31.7. The summed E-state index contributed by atoms with van der Waals surface area (Å²) >= 11 is 0. The highest BCUT2D eigenvalue weighted by molar-refractivity contribution is 5.54. The first-order chi connectivity index (χ1) is 12.9. The van der Waals surface area contributed by atoms with Crippen molar-refractivity contribution >= 4 is 6.08 Å². The molecule has 0 radical (unpaired) electrons. The van der Waals surface area contributed by atoms with Gasteiger partial charge in [0.25, 0.3) is 0 Å². The quantitative estimate of drug-likeness (QED) is 0.448. The van der Waals surface area contributed by atoms with Crippen molar-refractivity contribution in [3.63, 3.8) is 0 Å². The molecule has 0 N–H and O–H groups in total. The Morgan fingerprint density at radius 3 is 1.50 bits per heavy atom. The summed E-state index contributed by atoms with van der Waals surface area (Å²) in [6.45, 7) is 4.00. The predicted octanol–water partition coefficient (Wildman–Crippen LogP) is 5.37. The normalized spacial score (nSPS) is 11.2. The zero-order valence-corrected chi connectivity index (χ0v) is 14.5. The molecule has 0 aliphatic heterocycles. The second kappa shape index (κ2) is 6.85. The van der Waals surface area contributed by atoms with E-state index in [0.717, 1.165) is 5.69 Å². The van der Waals surface area contributed by atoms with Crippen LogP contribution in [0.5, 0.6) is 0 Å². The Bertz CT molecular complexity index is 889. The lowest BCUT2D eigenvalue weighted by atomic mass is 9.76. The van der Waals surface area contributed by atoms with E-state index in [1.54, 1.807) is 0 Å². The lowest BCUT2D eigenvalue weighted by molar-refractivity contribution is 0.511. The Morgan fingerprint density at radius 2 is 1.12 bits per heavy atom. The number of imidazole rings is 1. The van der Waals surface area contributed by atoms with E-state index in [1.807, 2.05) is 36.8 Å². The number of benzene rings is 3. The molecule has 0 saturated carbocycles. The molecule has 4 rings (SSSR count). The summed E-state index contributed by atoms with van der Waals surface area (Å²) in [4.78, 5) is 4.43. The fourth-order valence-electron chi connectivity index (χ4n) is 3.69. The third-order valence-electron chi connectivity index (χ3n) is 4.81. The molecule has 0 unspecified atom stereocenters. The molecule has 0 spiro atoms. The molecule has 1 aromatic heterocycles. The molecule has 1 heterocycles. The number of hydrogen-bond donors (Lipinski definition) is 0. The van der Waals surface area contributed by atoms with E-state index in [1.165, 1.54) is 16.7 Å². The van der Waals surface area contributed by atoms with Crippen LogP contribution in [0.25, 0.3) is 6.08 Å². The highest BCUT2D eigenvalue weighted by atomic mass is 15.1. The molecule has 126 valence electrons. The van der Waals surface area contributed by atoms with Crippen LogP contribution in [0, 0.1) is 0 Å². The van der Waals surface area contributed by atoms with Crippen molar-refractivity contribution in [1.29, 1.82) is 0 Å². The van der Waals surface area contributed by atoms with Crippen LogP contribution in [-0.4, -0.2) is 9.55 Å². The van der Waals surface area contributed by atoms with Gasteiger partial charge in [-0.15, -0.1) is 0 Å². The molecule has 3 aromatic carbocycles. The number of hydrogen-bond acceptors (Lipinski definition) is 1. The minimum absolute atomic E-state index is 0.524. The van der Waals surface area contributed by atoms with E-state index >= 15 is 0 Å². The van der Waals surface area contributed by atoms with Gasteiger partial charge < -0.3 is 4.57 Å². The van der Waals surface area contributed by atoms with Crippen LogP contribution in [0.15, 0.2) is 110 Å². The third-order valence-corrected chi connectivity index (χ3v) is 4.81. The largest absolute Gasteiger partial charge is 0.312 e. The standard InChI is InChI=1S/C24H20N2/c1-2-23-18-25-19-26(23)24(20-12-6-3-7-13-20,21-14-8-4-9-15-21)22-16-10-5-11-17-22/h2-19H,1H2. The zero-order valence-electron chi connectivity index (χ0n) is 14.5. The number of rotatable bonds is 5. The zero-order chi connectivity index (χ0) is 17.8. The highest BCUT2D eigenvalue weighted by Gasteiger charge is 2.39. The van der Waals surface area contributed by atoms with Gasteiger partial charge in [0.1, 0.15) is 5.54 Å². The fraction of sp³-hybridized carbons (Fsp3) is 0.0417. The van der Waals surface area contributed by atoms with Gasteiger partial charge in [0.2, 0.25) is 0 Å². The molecule has 0 aliphatic rings. The molecular formula is C24H20N2. The monoisotopic (exact) mass is 336 g/mol. The summed E-state index contributed by atoms with van der Waals surface area (Å²) in [5.41, 5.74) is 3.99. The summed E-state index contributed by atoms with van der Waals surface area (Å²) in [5, 5.41) is 0. The minimum atomic E-state index is -0.524. The van der Waals surface area contributed by atoms with Crippen LogP contribution in [0.3, 0.4) is 0 Å². The molecule has 0 aliphatic carbocycles.